The lowest BCUT2D eigenvalue weighted by atomic mass is 10.2. The number of aromatic amines is 1. The van der Waals surface area contributed by atoms with Crippen LogP contribution in [-0.4, -0.2) is 28.2 Å². The van der Waals surface area contributed by atoms with Crippen LogP contribution in [0.2, 0.25) is 0 Å². The lowest BCUT2D eigenvalue weighted by Gasteiger charge is -2.11. The van der Waals surface area contributed by atoms with Gasteiger partial charge in [0.15, 0.2) is 17.3 Å². The topological polar surface area (TPSA) is 64.4 Å². The van der Waals surface area contributed by atoms with Gasteiger partial charge in [0.1, 0.15) is 6.61 Å². The number of benzene rings is 3. The Morgan fingerprint density at radius 1 is 1.00 bits per heavy atom. The molecule has 0 unspecified atom stereocenters. The van der Waals surface area contributed by atoms with E-state index in [1.54, 1.807) is 18.0 Å². The monoisotopic (exact) mass is 416 g/mol. The average Bonchev–Trinajstić information content (AvgIpc) is 3.18. The largest absolute Gasteiger partial charge is 0.493 e. The van der Waals surface area contributed by atoms with E-state index in [4.69, 9.17) is 21.7 Å². The molecule has 0 fully saturated rings. The van der Waals surface area contributed by atoms with Crippen molar-refractivity contribution < 1.29 is 9.47 Å². The predicted molar refractivity (Wildman–Crippen MR) is 120 cm³/mol. The lowest BCUT2D eigenvalue weighted by molar-refractivity contribution is 0.284. The molecule has 0 aliphatic rings. The number of H-pyrrole nitrogens is 1. The SMILES string of the molecule is COc1cc(/C=N/n2c(-c3ccccc3)n[nH]c2=S)ccc1OCc1ccccc1. The van der Waals surface area contributed by atoms with Crippen LogP contribution in [0.3, 0.4) is 0 Å². The summed E-state index contributed by atoms with van der Waals surface area (Å²) in [4.78, 5) is 0. The molecule has 4 rings (SSSR count). The van der Waals surface area contributed by atoms with Crippen LogP contribution in [-0.2, 0) is 6.61 Å². The van der Waals surface area contributed by atoms with Crippen LogP contribution in [0.4, 0.5) is 0 Å². The van der Waals surface area contributed by atoms with E-state index in [1.165, 1.54) is 0 Å². The highest BCUT2D eigenvalue weighted by molar-refractivity contribution is 7.71. The van der Waals surface area contributed by atoms with Crippen molar-refractivity contribution >= 4 is 18.4 Å². The summed E-state index contributed by atoms with van der Waals surface area (Å²) in [5.74, 6) is 1.95. The quantitative estimate of drug-likeness (QED) is 0.337. The van der Waals surface area contributed by atoms with Crippen molar-refractivity contribution in [1.82, 2.24) is 14.9 Å². The van der Waals surface area contributed by atoms with Gasteiger partial charge in [-0.15, -0.1) is 0 Å². The van der Waals surface area contributed by atoms with Gasteiger partial charge >= 0.3 is 0 Å². The minimum Gasteiger partial charge on any atom is -0.493 e. The molecule has 0 aliphatic carbocycles. The Balaban J connectivity index is 1.55. The highest BCUT2D eigenvalue weighted by Gasteiger charge is 2.08. The molecule has 30 heavy (non-hydrogen) atoms. The van der Waals surface area contributed by atoms with E-state index >= 15 is 0 Å². The van der Waals surface area contributed by atoms with E-state index in [0.717, 1.165) is 16.7 Å². The van der Waals surface area contributed by atoms with Gasteiger partial charge in [-0.1, -0.05) is 60.7 Å². The molecule has 0 bridgehead atoms. The summed E-state index contributed by atoms with van der Waals surface area (Å²) in [5.41, 5.74) is 2.86. The fourth-order valence-electron chi connectivity index (χ4n) is 2.92. The first-order chi connectivity index (χ1) is 14.7. The van der Waals surface area contributed by atoms with E-state index < -0.39 is 0 Å². The first kappa shape index (κ1) is 19.6. The Morgan fingerprint density at radius 2 is 1.73 bits per heavy atom. The summed E-state index contributed by atoms with van der Waals surface area (Å²) in [6.07, 6.45) is 1.71. The second kappa shape index (κ2) is 9.19. The standard InChI is InChI=1S/C23H20N4O2S/c1-28-21-14-18(12-13-20(21)29-16-17-8-4-2-5-9-17)15-24-27-22(25-26-23(27)30)19-10-6-3-7-11-19/h2-15H,16H2,1H3,(H,26,30)/b24-15+. The number of nitrogens with zero attached hydrogens (tertiary/aromatic N) is 3. The molecular formula is C23H20N4O2S. The van der Waals surface area contributed by atoms with Crippen LogP contribution in [0, 0.1) is 4.77 Å². The van der Waals surface area contributed by atoms with Gasteiger partial charge in [0.25, 0.3) is 0 Å². The highest BCUT2D eigenvalue weighted by atomic mass is 32.1. The summed E-state index contributed by atoms with van der Waals surface area (Å²) in [7, 11) is 1.62. The Kier molecular flexibility index (Phi) is 6.01. The minimum atomic E-state index is 0.417. The molecule has 0 amide bonds. The van der Waals surface area contributed by atoms with E-state index in [0.29, 0.717) is 28.7 Å². The molecule has 7 heteroatoms. The zero-order valence-electron chi connectivity index (χ0n) is 16.4. The summed E-state index contributed by atoms with van der Waals surface area (Å²) in [5, 5.41) is 11.6. The second-order valence-electron chi connectivity index (χ2n) is 6.46. The fraction of sp³-hybridized carbons (Fsp3) is 0.0870. The molecular weight excluding hydrogens is 396 g/mol. The van der Waals surface area contributed by atoms with Crippen molar-refractivity contribution in [3.8, 4) is 22.9 Å². The van der Waals surface area contributed by atoms with Crippen LogP contribution >= 0.6 is 12.2 Å². The van der Waals surface area contributed by atoms with Crippen molar-refractivity contribution in [2.75, 3.05) is 7.11 Å². The van der Waals surface area contributed by atoms with Gasteiger partial charge in [-0.2, -0.15) is 14.9 Å². The van der Waals surface area contributed by atoms with Crippen molar-refractivity contribution in [1.29, 1.82) is 0 Å². The van der Waals surface area contributed by atoms with Crippen LogP contribution in [0.25, 0.3) is 11.4 Å². The maximum Gasteiger partial charge on any atom is 0.216 e. The Labute approximate surface area is 179 Å². The van der Waals surface area contributed by atoms with E-state index in [9.17, 15) is 0 Å². The van der Waals surface area contributed by atoms with Crippen LogP contribution in [0.1, 0.15) is 11.1 Å². The molecule has 0 radical (unpaired) electrons. The number of aromatic nitrogens is 3. The highest BCUT2D eigenvalue weighted by Crippen LogP contribution is 2.28. The normalized spacial score (nSPS) is 11.0. The molecule has 1 aromatic heterocycles. The zero-order chi connectivity index (χ0) is 20.8. The number of hydrogen-bond donors (Lipinski definition) is 1. The third-order valence-electron chi connectivity index (χ3n) is 4.43. The molecule has 0 aliphatic heterocycles. The van der Waals surface area contributed by atoms with Gasteiger partial charge in [0, 0.05) is 5.56 Å². The lowest BCUT2D eigenvalue weighted by Crippen LogP contribution is -1.99. The third kappa shape index (κ3) is 4.47. The molecule has 3 aromatic carbocycles. The van der Waals surface area contributed by atoms with Gasteiger partial charge in [-0.05, 0) is 41.5 Å². The van der Waals surface area contributed by atoms with Gasteiger partial charge < -0.3 is 9.47 Å². The number of hydrogen-bond acceptors (Lipinski definition) is 5. The van der Waals surface area contributed by atoms with Crippen molar-refractivity contribution in [3.63, 3.8) is 0 Å². The van der Waals surface area contributed by atoms with Gasteiger partial charge in [0.05, 0.1) is 13.3 Å². The fourth-order valence-corrected chi connectivity index (χ4v) is 3.10. The smallest absolute Gasteiger partial charge is 0.216 e. The number of ether oxygens (including phenoxy) is 2. The van der Waals surface area contributed by atoms with Crippen LogP contribution in [0.5, 0.6) is 11.5 Å². The van der Waals surface area contributed by atoms with Crippen molar-refractivity contribution in [3.05, 3.63) is 94.8 Å². The molecule has 0 atom stereocenters. The summed E-state index contributed by atoms with van der Waals surface area (Å²) < 4.78 is 13.4. The summed E-state index contributed by atoms with van der Waals surface area (Å²) >= 11 is 5.33. The summed E-state index contributed by atoms with van der Waals surface area (Å²) in [6.45, 7) is 0.468. The molecule has 6 nitrogen and oxygen atoms in total. The number of methoxy groups -OCH3 is 1. The van der Waals surface area contributed by atoms with E-state index in [-0.39, 0.29) is 0 Å². The second-order valence-corrected chi connectivity index (χ2v) is 6.85. The zero-order valence-corrected chi connectivity index (χ0v) is 17.2. The maximum absolute atomic E-state index is 5.91. The Hall–Kier alpha value is -3.71. The predicted octanol–water partition coefficient (Wildman–Crippen LogP) is 5.08. The molecule has 4 aromatic rings. The molecule has 1 heterocycles. The van der Waals surface area contributed by atoms with Gasteiger partial charge in [0.2, 0.25) is 4.77 Å². The molecule has 150 valence electrons. The Morgan fingerprint density at radius 3 is 2.47 bits per heavy atom. The number of nitrogens with one attached hydrogen (secondary N) is 1. The van der Waals surface area contributed by atoms with Crippen molar-refractivity contribution in [2.24, 2.45) is 5.10 Å². The molecule has 0 saturated carbocycles. The van der Waals surface area contributed by atoms with E-state index in [1.807, 2.05) is 78.9 Å². The molecule has 0 saturated heterocycles. The first-order valence-corrected chi connectivity index (χ1v) is 9.77. The third-order valence-corrected chi connectivity index (χ3v) is 4.69. The first-order valence-electron chi connectivity index (χ1n) is 9.36. The number of rotatable bonds is 7. The molecule has 0 spiro atoms. The average molecular weight is 417 g/mol. The van der Waals surface area contributed by atoms with Gasteiger partial charge in [-0.25, -0.2) is 5.10 Å². The Bertz CT molecular complexity index is 1200. The molecule has 1 N–H and O–H groups in total. The summed E-state index contributed by atoms with van der Waals surface area (Å²) in [6, 6.07) is 25.4. The van der Waals surface area contributed by atoms with Crippen LogP contribution in [0.15, 0.2) is 84.0 Å². The van der Waals surface area contributed by atoms with E-state index in [2.05, 4.69) is 15.3 Å². The van der Waals surface area contributed by atoms with Crippen LogP contribution < -0.4 is 9.47 Å². The van der Waals surface area contributed by atoms with Crippen molar-refractivity contribution in [2.45, 2.75) is 6.61 Å². The van der Waals surface area contributed by atoms with Gasteiger partial charge in [-0.3, -0.25) is 0 Å². The minimum absolute atomic E-state index is 0.417. The maximum atomic E-state index is 5.91.